The number of aryl methyl sites for hydroxylation is 2. The smallest absolute Gasteiger partial charge is 0.263 e. The molecule has 1 aliphatic carbocycles. The van der Waals surface area contributed by atoms with Crippen LogP contribution in [0, 0.1) is 12.8 Å². The molecule has 1 fully saturated rings. The Bertz CT molecular complexity index is 444. The standard InChI is InChI=1S/C14H23N3OS/c1-3-5-12-16-9(2)13(19-12)14(18)17-11-7-4-6-10(11)8-15/h10-11H,3-8,15H2,1-2H3,(H,17,18). The molecule has 0 saturated heterocycles. The fourth-order valence-electron chi connectivity index (χ4n) is 2.73. The molecule has 5 heteroatoms. The van der Waals surface area contributed by atoms with Gasteiger partial charge in [-0.2, -0.15) is 0 Å². The Morgan fingerprint density at radius 3 is 3.00 bits per heavy atom. The molecule has 19 heavy (non-hydrogen) atoms. The minimum atomic E-state index is 0.0303. The van der Waals surface area contributed by atoms with Crippen LogP contribution in [0.2, 0.25) is 0 Å². The van der Waals surface area contributed by atoms with Crippen LogP contribution in [0.3, 0.4) is 0 Å². The first-order valence-electron chi connectivity index (χ1n) is 7.13. The van der Waals surface area contributed by atoms with Gasteiger partial charge in [0, 0.05) is 6.04 Å². The van der Waals surface area contributed by atoms with Crippen molar-refractivity contribution < 1.29 is 4.79 Å². The molecule has 4 nitrogen and oxygen atoms in total. The first-order valence-corrected chi connectivity index (χ1v) is 7.94. The third-order valence-electron chi connectivity index (χ3n) is 3.79. The first-order chi connectivity index (χ1) is 9.15. The molecule has 1 aliphatic rings. The van der Waals surface area contributed by atoms with Gasteiger partial charge >= 0.3 is 0 Å². The molecule has 1 heterocycles. The van der Waals surface area contributed by atoms with Crippen LogP contribution >= 0.6 is 11.3 Å². The maximum atomic E-state index is 12.3. The van der Waals surface area contributed by atoms with Gasteiger partial charge in [0.15, 0.2) is 0 Å². The molecular formula is C14H23N3OS. The number of nitrogens with zero attached hydrogens (tertiary/aromatic N) is 1. The lowest BCUT2D eigenvalue weighted by molar-refractivity contribution is 0.0932. The third kappa shape index (κ3) is 3.34. The topological polar surface area (TPSA) is 68.0 Å². The highest BCUT2D eigenvalue weighted by Gasteiger charge is 2.28. The molecule has 2 unspecified atom stereocenters. The molecule has 0 aromatic carbocycles. The number of nitrogens with two attached hydrogens (primary N) is 1. The average molecular weight is 281 g/mol. The van der Waals surface area contributed by atoms with Crippen molar-refractivity contribution >= 4 is 17.2 Å². The van der Waals surface area contributed by atoms with Crippen molar-refractivity contribution in [2.45, 2.75) is 52.0 Å². The van der Waals surface area contributed by atoms with Crippen molar-refractivity contribution in [1.82, 2.24) is 10.3 Å². The SMILES string of the molecule is CCCc1nc(C)c(C(=O)NC2CCCC2CN)s1. The van der Waals surface area contributed by atoms with Crippen LogP contribution < -0.4 is 11.1 Å². The van der Waals surface area contributed by atoms with Crippen molar-refractivity contribution in [3.8, 4) is 0 Å². The quantitative estimate of drug-likeness (QED) is 0.870. The van der Waals surface area contributed by atoms with E-state index in [0.717, 1.165) is 47.7 Å². The van der Waals surface area contributed by atoms with Gasteiger partial charge in [-0.05, 0) is 45.1 Å². The van der Waals surface area contributed by atoms with Gasteiger partial charge in [-0.1, -0.05) is 13.3 Å². The highest BCUT2D eigenvalue weighted by Crippen LogP contribution is 2.26. The van der Waals surface area contributed by atoms with Gasteiger partial charge in [-0.15, -0.1) is 11.3 Å². The Hall–Kier alpha value is -0.940. The van der Waals surface area contributed by atoms with E-state index in [1.807, 2.05) is 6.92 Å². The molecule has 0 radical (unpaired) electrons. The highest BCUT2D eigenvalue weighted by molar-refractivity contribution is 7.13. The number of rotatable bonds is 5. The lowest BCUT2D eigenvalue weighted by Gasteiger charge is -2.19. The number of nitrogens with one attached hydrogen (secondary N) is 1. The van der Waals surface area contributed by atoms with Gasteiger partial charge in [0.25, 0.3) is 5.91 Å². The number of hydrogen-bond donors (Lipinski definition) is 2. The predicted molar refractivity (Wildman–Crippen MR) is 78.5 cm³/mol. The molecule has 106 valence electrons. The lowest BCUT2D eigenvalue weighted by atomic mass is 10.0. The molecule has 1 aromatic rings. The third-order valence-corrected chi connectivity index (χ3v) is 5.01. The summed E-state index contributed by atoms with van der Waals surface area (Å²) in [6.45, 7) is 4.70. The van der Waals surface area contributed by atoms with Gasteiger partial charge in [-0.3, -0.25) is 4.79 Å². The molecule has 2 atom stereocenters. The number of amides is 1. The lowest BCUT2D eigenvalue weighted by Crippen LogP contribution is -2.39. The molecule has 1 saturated carbocycles. The molecular weight excluding hydrogens is 258 g/mol. The second-order valence-corrected chi connectivity index (χ2v) is 6.36. The van der Waals surface area contributed by atoms with Crippen LogP contribution in [0.1, 0.15) is 53.0 Å². The van der Waals surface area contributed by atoms with E-state index in [0.29, 0.717) is 12.5 Å². The Labute approximate surface area is 118 Å². The van der Waals surface area contributed by atoms with E-state index in [1.54, 1.807) is 0 Å². The molecule has 0 bridgehead atoms. The summed E-state index contributed by atoms with van der Waals surface area (Å²) in [4.78, 5) is 17.6. The van der Waals surface area contributed by atoms with Crippen molar-refractivity contribution in [2.75, 3.05) is 6.54 Å². The number of hydrogen-bond acceptors (Lipinski definition) is 4. The Balaban J connectivity index is 2.03. The number of carbonyl (C=O) groups is 1. The summed E-state index contributed by atoms with van der Waals surface area (Å²) in [6, 6.07) is 0.244. The van der Waals surface area contributed by atoms with Gasteiger partial charge in [0.2, 0.25) is 0 Å². The van der Waals surface area contributed by atoms with Crippen molar-refractivity contribution in [3.05, 3.63) is 15.6 Å². The van der Waals surface area contributed by atoms with Crippen molar-refractivity contribution in [1.29, 1.82) is 0 Å². The van der Waals surface area contributed by atoms with Crippen LogP contribution in [0.25, 0.3) is 0 Å². The summed E-state index contributed by atoms with van der Waals surface area (Å²) in [5.74, 6) is 0.468. The summed E-state index contributed by atoms with van der Waals surface area (Å²) in [6.07, 6.45) is 5.35. The fourth-order valence-corrected chi connectivity index (χ4v) is 3.80. The van der Waals surface area contributed by atoms with Gasteiger partial charge in [0.1, 0.15) is 4.88 Å². The van der Waals surface area contributed by atoms with Crippen LogP contribution in [0.5, 0.6) is 0 Å². The van der Waals surface area contributed by atoms with Crippen LogP contribution in [-0.2, 0) is 6.42 Å². The zero-order valence-corrected chi connectivity index (χ0v) is 12.6. The molecule has 3 N–H and O–H groups in total. The highest BCUT2D eigenvalue weighted by atomic mass is 32.1. The minimum Gasteiger partial charge on any atom is -0.348 e. The average Bonchev–Trinajstić information content (AvgIpc) is 2.96. The molecule has 1 aromatic heterocycles. The van der Waals surface area contributed by atoms with E-state index in [4.69, 9.17) is 5.73 Å². The summed E-state index contributed by atoms with van der Waals surface area (Å²) in [5, 5.41) is 4.21. The van der Waals surface area contributed by atoms with E-state index in [1.165, 1.54) is 11.3 Å². The summed E-state index contributed by atoms with van der Waals surface area (Å²) in [7, 11) is 0. The monoisotopic (exact) mass is 281 g/mol. The zero-order valence-electron chi connectivity index (χ0n) is 11.7. The van der Waals surface area contributed by atoms with Gasteiger partial charge < -0.3 is 11.1 Å². The molecule has 2 rings (SSSR count). The van der Waals surface area contributed by atoms with E-state index in [2.05, 4.69) is 17.2 Å². The second kappa shape index (κ2) is 6.48. The van der Waals surface area contributed by atoms with Crippen molar-refractivity contribution in [2.24, 2.45) is 11.7 Å². The van der Waals surface area contributed by atoms with Crippen LogP contribution in [-0.4, -0.2) is 23.5 Å². The van der Waals surface area contributed by atoms with E-state index < -0.39 is 0 Å². The normalized spacial score (nSPS) is 22.7. The number of carbonyl (C=O) groups excluding carboxylic acids is 1. The van der Waals surface area contributed by atoms with Crippen LogP contribution in [0.4, 0.5) is 0 Å². The van der Waals surface area contributed by atoms with Crippen LogP contribution in [0.15, 0.2) is 0 Å². The summed E-state index contributed by atoms with van der Waals surface area (Å²) < 4.78 is 0. The fraction of sp³-hybridized carbons (Fsp3) is 0.714. The number of thiazole rings is 1. The summed E-state index contributed by atoms with van der Waals surface area (Å²) >= 11 is 1.53. The Morgan fingerprint density at radius 2 is 2.32 bits per heavy atom. The zero-order chi connectivity index (χ0) is 13.8. The summed E-state index contributed by atoms with van der Waals surface area (Å²) in [5.41, 5.74) is 6.61. The largest absolute Gasteiger partial charge is 0.348 e. The Kier molecular flexibility index (Phi) is 4.93. The van der Waals surface area contributed by atoms with E-state index in [9.17, 15) is 4.79 Å². The van der Waals surface area contributed by atoms with Gasteiger partial charge in [0.05, 0.1) is 10.7 Å². The molecule has 0 spiro atoms. The number of aromatic nitrogens is 1. The maximum Gasteiger partial charge on any atom is 0.263 e. The van der Waals surface area contributed by atoms with E-state index in [-0.39, 0.29) is 11.9 Å². The second-order valence-electron chi connectivity index (χ2n) is 5.28. The van der Waals surface area contributed by atoms with E-state index >= 15 is 0 Å². The van der Waals surface area contributed by atoms with Crippen molar-refractivity contribution in [3.63, 3.8) is 0 Å². The minimum absolute atomic E-state index is 0.0303. The molecule has 1 amide bonds. The Morgan fingerprint density at radius 1 is 1.53 bits per heavy atom. The maximum absolute atomic E-state index is 12.3. The first kappa shape index (κ1) is 14.5. The molecule has 0 aliphatic heterocycles. The van der Waals surface area contributed by atoms with Gasteiger partial charge in [-0.25, -0.2) is 4.98 Å². The predicted octanol–water partition coefficient (Wildman–Crippen LogP) is 2.26.